The van der Waals surface area contributed by atoms with E-state index in [0.717, 1.165) is 28.3 Å². The molecule has 2 N–H and O–H groups in total. The monoisotopic (exact) mass is 402 g/mol. The van der Waals surface area contributed by atoms with Crippen LogP contribution in [0.3, 0.4) is 0 Å². The molecule has 8 nitrogen and oxygen atoms in total. The van der Waals surface area contributed by atoms with Crippen LogP contribution in [0.15, 0.2) is 73.3 Å². The molecule has 0 saturated carbocycles. The van der Waals surface area contributed by atoms with Crippen molar-refractivity contribution in [3.8, 4) is 11.4 Å². The topological polar surface area (TPSA) is 86.0 Å². The number of ether oxygens (including phenoxy) is 1. The maximum Gasteiger partial charge on any atom is 0.323 e. The summed E-state index contributed by atoms with van der Waals surface area (Å²) in [7, 11) is 1.64. The first-order chi connectivity index (χ1) is 14.6. The van der Waals surface area contributed by atoms with Crippen molar-refractivity contribution in [2.24, 2.45) is 0 Å². The van der Waals surface area contributed by atoms with Crippen molar-refractivity contribution < 1.29 is 9.53 Å². The molecule has 0 aliphatic carbocycles. The summed E-state index contributed by atoms with van der Waals surface area (Å²) in [5.74, 6) is 0.811. The number of urea groups is 1. The van der Waals surface area contributed by atoms with Crippen molar-refractivity contribution in [3.05, 3.63) is 84.4 Å². The number of aromatic nitrogens is 4. The van der Waals surface area contributed by atoms with E-state index < -0.39 is 0 Å². The molecule has 0 unspecified atom stereocenters. The highest BCUT2D eigenvalue weighted by molar-refractivity contribution is 6.00. The highest BCUT2D eigenvalue weighted by Crippen LogP contribution is 2.19. The summed E-state index contributed by atoms with van der Waals surface area (Å²) in [5, 5.41) is 14.2. The summed E-state index contributed by atoms with van der Waals surface area (Å²) in [4.78, 5) is 12.4. The number of benzene rings is 2. The first-order valence-electron chi connectivity index (χ1n) is 9.45. The second kappa shape index (κ2) is 8.52. The van der Waals surface area contributed by atoms with Gasteiger partial charge in [-0.15, -0.1) is 0 Å². The zero-order chi connectivity index (χ0) is 20.9. The quantitative estimate of drug-likeness (QED) is 0.509. The Hall–Kier alpha value is -4.07. The molecule has 152 valence electrons. The number of hydrogen-bond acceptors (Lipinski definition) is 4. The number of hydrogen-bond donors (Lipinski definition) is 2. The first-order valence-corrected chi connectivity index (χ1v) is 9.45. The fourth-order valence-electron chi connectivity index (χ4n) is 3.07. The summed E-state index contributed by atoms with van der Waals surface area (Å²) in [5.41, 5.74) is 4.31. The first kappa shape index (κ1) is 19.3. The van der Waals surface area contributed by atoms with Crippen LogP contribution in [-0.2, 0) is 6.54 Å². The third-order valence-electron chi connectivity index (χ3n) is 4.62. The predicted octanol–water partition coefficient (Wildman–Crippen LogP) is 4.08. The Kier molecular flexibility index (Phi) is 5.47. The lowest BCUT2D eigenvalue weighted by atomic mass is 10.2. The van der Waals surface area contributed by atoms with Gasteiger partial charge >= 0.3 is 6.03 Å². The second-order valence-corrected chi connectivity index (χ2v) is 6.80. The Morgan fingerprint density at radius 2 is 1.93 bits per heavy atom. The Morgan fingerprint density at radius 1 is 1.10 bits per heavy atom. The molecule has 4 rings (SSSR count). The molecule has 0 bridgehead atoms. The molecule has 0 fully saturated rings. The highest BCUT2D eigenvalue weighted by atomic mass is 16.5. The van der Waals surface area contributed by atoms with E-state index in [-0.39, 0.29) is 6.03 Å². The Bertz CT molecular complexity index is 1130. The van der Waals surface area contributed by atoms with Crippen molar-refractivity contribution in [3.63, 3.8) is 0 Å². The molecule has 0 aliphatic heterocycles. The van der Waals surface area contributed by atoms with Gasteiger partial charge in [-0.2, -0.15) is 10.2 Å². The number of nitrogens with one attached hydrogen (secondary N) is 2. The average Bonchev–Trinajstić information content (AvgIpc) is 3.42. The van der Waals surface area contributed by atoms with Crippen LogP contribution in [0.1, 0.15) is 11.1 Å². The van der Waals surface area contributed by atoms with Crippen LogP contribution in [-0.4, -0.2) is 32.7 Å². The number of rotatable bonds is 6. The van der Waals surface area contributed by atoms with Gasteiger partial charge in [0.1, 0.15) is 5.75 Å². The number of carbonyl (C=O) groups excluding carboxylic acids is 1. The molecular formula is C22H22N6O2. The van der Waals surface area contributed by atoms with E-state index in [1.54, 1.807) is 35.1 Å². The molecule has 0 saturated heterocycles. The summed E-state index contributed by atoms with van der Waals surface area (Å²) in [6.45, 7) is 2.54. The average molecular weight is 402 g/mol. The van der Waals surface area contributed by atoms with Gasteiger partial charge in [-0.05, 0) is 54.4 Å². The fourth-order valence-corrected chi connectivity index (χ4v) is 3.07. The van der Waals surface area contributed by atoms with Crippen LogP contribution < -0.4 is 15.4 Å². The molecule has 0 spiro atoms. The van der Waals surface area contributed by atoms with Gasteiger partial charge in [0.15, 0.2) is 0 Å². The summed E-state index contributed by atoms with van der Waals surface area (Å²) >= 11 is 0. The van der Waals surface area contributed by atoms with Gasteiger partial charge in [0.2, 0.25) is 0 Å². The standard InChI is InChI=1S/C22H22N6O2/c1-16-12-19(28-11-3-10-23-28)6-9-21(16)26-22(29)25-18-13-24-27(15-18)14-17-4-7-20(30-2)8-5-17/h3-13,15H,14H2,1-2H3,(H2,25,26,29). The predicted molar refractivity (Wildman–Crippen MR) is 115 cm³/mol. The van der Waals surface area contributed by atoms with Gasteiger partial charge in [0.05, 0.1) is 31.2 Å². The van der Waals surface area contributed by atoms with Gasteiger partial charge in [0, 0.05) is 24.3 Å². The van der Waals surface area contributed by atoms with Gasteiger partial charge < -0.3 is 15.4 Å². The molecular weight excluding hydrogens is 380 g/mol. The Balaban J connectivity index is 1.36. The molecule has 0 aliphatic rings. The third kappa shape index (κ3) is 4.49. The fraction of sp³-hybridized carbons (Fsp3) is 0.136. The lowest BCUT2D eigenvalue weighted by Crippen LogP contribution is -2.19. The van der Waals surface area contributed by atoms with Crippen LogP contribution in [0.4, 0.5) is 16.2 Å². The molecule has 30 heavy (non-hydrogen) atoms. The van der Waals surface area contributed by atoms with Gasteiger partial charge in [-0.25, -0.2) is 9.48 Å². The van der Waals surface area contributed by atoms with Crippen LogP contribution >= 0.6 is 0 Å². The van der Waals surface area contributed by atoms with Crippen molar-refractivity contribution in [1.29, 1.82) is 0 Å². The molecule has 2 aromatic heterocycles. The highest BCUT2D eigenvalue weighted by Gasteiger charge is 2.08. The van der Waals surface area contributed by atoms with E-state index in [1.165, 1.54) is 0 Å². The second-order valence-electron chi connectivity index (χ2n) is 6.80. The van der Waals surface area contributed by atoms with Crippen LogP contribution in [0.25, 0.3) is 5.69 Å². The Labute approximate surface area is 174 Å². The number of carbonyl (C=O) groups is 1. The van der Waals surface area contributed by atoms with Crippen molar-refractivity contribution >= 4 is 17.4 Å². The number of nitrogens with zero attached hydrogens (tertiary/aromatic N) is 4. The number of aryl methyl sites for hydroxylation is 1. The minimum absolute atomic E-state index is 0.325. The molecule has 4 aromatic rings. The molecule has 2 amide bonds. The number of methoxy groups -OCH3 is 1. The van der Waals surface area contributed by atoms with Crippen LogP contribution in [0, 0.1) is 6.92 Å². The zero-order valence-corrected chi connectivity index (χ0v) is 16.7. The van der Waals surface area contributed by atoms with Gasteiger partial charge in [-0.1, -0.05) is 12.1 Å². The minimum Gasteiger partial charge on any atom is -0.497 e. The van der Waals surface area contributed by atoms with E-state index in [0.29, 0.717) is 12.2 Å². The zero-order valence-electron chi connectivity index (χ0n) is 16.7. The van der Waals surface area contributed by atoms with Crippen molar-refractivity contribution in [2.75, 3.05) is 17.7 Å². The summed E-state index contributed by atoms with van der Waals surface area (Å²) in [6, 6.07) is 15.1. The Morgan fingerprint density at radius 3 is 2.63 bits per heavy atom. The summed E-state index contributed by atoms with van der Waals surface area (Å²) in [6.07, 6.45) is 7.01. The molecule has 0 atom stereocenters. The molecule has 2 heterocycles. The van der Waals surface area contributed by atoms with E-state index in [1.807, 2.05) is 61.7 Å². The largest absolute Gasteiger partial charge is 0.497 e. The third-order valence-corrected chi connectivity index (χ3v) is 4.62. The number of amides is 2. The lowest BCUT2D eigenvalue weighted by Gasteiger charge is -2.11. The van der Waals surface area contributed by atoms with Crippen molar-refractivity contribution in [2.45, 2.75) is 13.5 Å². The smallest absolute Gasteiger partial charge is 0.323 e. The lowest BCUT2D eigenvalue weighted by molar-refractivity contribution is 0.262. The molecule has 8 heteroatoms. The van der Waals surface area contributed by atoms with E-state index in [2.05, 4.69) is 20.8 Å². The number of anilines is 2. The van der Waals surface area contributed by atoms with E-state index in [4.69, 9.17) is 4.74 Å². The van der Waals surface area contributed by atoms with Crippen molar-refractivity contribution in [1.82, 2.24) is 19.6 Å². The van der Waals surface area contributed by atoms with Gasteiger partial charge in [0.25, 0.3) is 0 Å². The SMILES string of the molecule is COc1ccc(Cn2cc(NC(=O)Nc3ccc(-n4cccn4)cc3C)cn2)cc1. The van der Waals surface area contributed by atoms with Crippen LogP contribution in [0.5, 0.6) is 5.75 Å². The van der Waals surface area contributed by atoms with Gasteiger partial charge in [-0.3, -0.25) is 4.68 Å². The maximum atomic E-state index is 12.4. The molecule has 0 radical (unpaired) electrons. The minimum atomic E-state index is -0.325. The maximum absolute atomic E-state index is 12.4. The molecule has 2 aromatic carbocycles. The van der Waals surface area contributed by atoms with E-state index in [9.17, 15) is 4.79 Å². The summed E-state index contributed by atoms with van der Waals surface area (Å²) < 4.78 is 8.71. The normalized spacial score (nSPS) is 10.6. The van der Waals surface area contributed by atoms with E-state index >= 15 is 0 Å². The van der Waals surface area contributed by atoms with Crippen LogP contribution in [0.2, 0.25) is 0 Å².